The minimum atomic E-state index is -0.569. The van der Waals surface area contributed by atoms with E-state index in [-0.39, 0.29) is 11.8 Å². The third kappa shape index (κ3) is 2.98. The number of hydrogen-bond donors (Lipinski definition) is 0. The molecule has 0 spiro atoms. The van der Waals surface area contributed by atoms with Gasteiger partial charge in [0.1, 0.15) is 5.60 Å². The van der Waals surface area contributed by atoms with Crippen molar-refractivity contribution in [3.05, 3.63) is 11.6 Å². The first-order valence-electron chi connectivity index (χ1n) is 4.81. The molecule has 0 bridgehead atoms. The molecule has 14 heavy (non-hydrogen) atoms. The molecule has 1 rings (SSSR count). The van der Waals surface area contributed by atoms with Gasteiger partial charge in [-0.05, 0) is 33.3 Å². The van der Waals surface area contributed by atoms with Gasteiger partial charge in [-0.15, -0.1) is 0 Å². The van der Waals surface area contributed by atoms with Gasteiger partial charge >= 0.3 is 5.97 Å². The number of allylic oxidation sites excluding steroid dienone is 2. The number of cyclic esters (lactones) is 1. The summed E-state index contributed by atoms with van der Waals surface area (Å²) < 4.78 is 5.11. The third-order valence-corrected chi connectivity index (χ3v) is 2.22. The molecule has 0 saturated carbocycles. The first-order valence-corrected chi connectivity index (χ1v) is 4.81. The van der Waals surface area contributed by atoms with Gasteiger partial charge in [-0.3, -0.25) is 9.59 Å². The Kier molecular flexibility index (Phi) is 3.09. The summed E-state index contributed by atoms with van der Waals surface area (Å²) in [5.41, 5.74) is 0.406. The van der Waals surface area contributed by atoms with Crippen molar-refractivity contribution in [2.75, 3.05) is 0 Å². The molecule has 0 aromatic heterocycles. The summed E-state index contributed by atoms with van der Waals surface area (Å²) in [6.07, 6.45) is 2.97. The predicted molar refractivity (Wildman–Crippen MR) is 52.8 cm³/mol. The van der Waals surface area contributed by atoms with E-state index in [2.05, 4.69) is 0 Å². The molecule has 1 aliphatic rings. The summed E-state index contributed by atoms with van der Waals surface area (Å²) in [5.74, 6) is -0.167. The van der Waals surface area contributed by atoms with Gasteiger partial charge in [-0.25, -0.2) is 0 Å². The highest BCUT2D eigenvalue weighted by Crippen LogP contribution is 2.29. The zero-order valence-electron chi connectivity index (χ0n) is 8.92. The number of carbonyl (C=O) groups is 2. The smallest absolute Gasteiger partial charge is 0.306 e. The fourth-order valence-electron chi connectivity index (χ4n) is 1.61. The van der Waals surface area contributed by atoms with Gasteiger partial charge in [-0.2, -0.15) is 0 Å². The summed E-state index contributed by atoms with van der Waals surface area (Å²) in [6, 6.07) is 0. The van der Waals surface area contributed by atoms with E-state index in [9.17, 15) is 9.59 Å². The van der Waals surface area contributed by atoms with E-state index in [1.165, 1.54) is 0 Å². The van der Waals surface area contributed by atoms with Crippen LogP contribution < -0.4 is 0 Å². The van der Waals surface area contributed by atoms with Crippen LogP contribution in [-0.2, 0) is 14.3 Å². The van der Waals surface area contributed by atoms with Crippen molar-refractivity contribution < 1.29 is 14.3 Å². The Morgan fingerprint density at radius 3 is 2.64 bits per heavy atom. The number of ether oxygens (including phenoxy) is 1. The van der Waals surface area contributed by atoms with Gasteiger partial charge in [-0.1, -0.05) is 5.57 Å². The van der Waals surface area contributed by atoms with E-state index in [0.717, 1.165) is 5.57 Å². The molecule has 0 amide bonds. The molecule has 1 atom stereocenters. The average Bonchev–Trinajstić information content (AvgIpc) is 2.28. The Hall–Kier alpha value is -1.12. The van der Waals surface area contributed by atoms with Crippen LogP contribution in [0.1, 0.15) is 40.0 Å². The second-order valence-corrected chi connectivity index (χ2v) is 4.29. The normalized spacial score (nSPS) is 25.8. The Morgan fingerprint density at radius 1 is 1.57 bits per heavy atom. The molecule has 1 aliphatic heterocycles. The lowest BCUT2D eigenvalue weighted by Crippen LogP contribution is -2.27. The van der Waals surface area contributed by atoms with Crippen LogP contribution in [-0.4, -0.2) is 17.4 Å². The average molecular weight is 196 g/mol. The zero-order chi connectivity index (χ0) is 10.8. The van der Waals surface area contributed by atoms with Crippen molar-refractivity contribution in [1.82, 2.24) is 0 Å². The summed E-state index contributed by atoms with van der Waals surface area (Å²) >= 11 is 0. The molecule has 0 aliphatic carbocycles. The van der Waals surface area contributed by atoms with Gasteiger partial charge < -0.3 is 4.74 Å². The Bertz CT molecular complexity index is 287. The Morgan fingerprint density at radius 2 is 2.21 bits per heavy atom. The topological polar surface area (TPSA) is 43.4 Å². The highest BCUT2D eigenvalue weighted by molar-refractivity contribution is 5.91. The van der Waals surface area contributed by atoms with Crippen LogP contribution in [0.3, 0.4) is 0 Å². The molecule has 3 nitrogen and oxygen atoms in total. The summed E-state index contributed by atoms with van der Waals surface area (Å²) in [5, 5.41) is 0. The molecule has 0 radical (unpaired) electrons. The maximum atomic E-state index is 11.5. The monoisotopic (exact) mass is 196 g/mol. The number of ketones is 1. The molecular weight excluding hydrogens is 180 g/mol. The second-order valence-electron chi connectivity index (χ2n) is 4.29. The molecule has 1 fully saturated rings. The zero-order valence-corrected chi connectivity index (χ0v) is 8.92. The Labute approximate surface area is 84.1 Å². The van der Waals surface area contributed by atoms with Crippen LogP contribution >= 0.6 is 0 Å². The van der Waals surface area contributed by atoms with E-state index >= 15 is 0 Å². The molecule has 3 heteroatoms. The first kappa shape index (κ1) is 11.0. The van der Waals surface area contributed by atoms with Crippen LogP contribution in [0, 0.1) is 0 Å². The van der Waals surface area contributed by atoms with Crippen molar-refractivity contribution in [2.45, 2.75) is 45.6 Å². The fraction of sp³-hybridized carbons (Fsp3) is 0.636. The van der Waals surface area contributed by atoms with Gasteiger partial charge in [0, 0.05) is 6.42 Å². The highest BCUT2D eigenvalue weighted by Gasteiger charge is 2.36. The van der Waals surface area contributed by atoms with E-state index in [0.29, 0.717) is 19.3 Å². The first-order chi connectivity index (χ1) is 6.41. The summed E-state index contributed by atoms with van der Waals surface area (Å²) in [6.45, 7) is 5.57. The Balaban J connectivity index is 2.56. The minimum Gasteiger partial charge on any atom is -0.459 e. The van der Waals surface area contributed by atoms with E-state index < -0.39 is 5.60 Å². The van der Waals surface area contributed by atoms with Crippen molar-refractivity contribution in [3.63, 3.8) is 0 Å². The molecule has 1 saturated heterocycles. The van der Waals surface area contributed by atoms with Crippen LogP contribution in [0.5, 0.6) is 0 Å². The molecule has 1 heterocycles. The van der Waals surface area contributed by atoms with Crippen LogP contribution in [0.25, 0.3) is 0 Å². The molecule has 0 aromatic carbocycles. The minimum absolute atomic E-state index is 0.0298. The number of esters is 1. The van der Waals surface area contributed by atoms with Crippen molar-refractivity contribution in [3.8, 4) is 0 Å². The largest absolute Gasteiger partial charge is 0.459 e. The van der Waals surface area contributed by atoms with Crippen LogP contribution in [0.15, 0.2) is 11.6 Å². The fourth-order valence-corrected chi connectivity index (χ4v) is 1.61. The van der Waals surface area contributed by atoms with Crippen molar-refractivity contribution >= 4 is 11.8 Å². The van der Waals surface area contributed by atoms with Gasteiger partial charge in [0.05, 0.1) is 6.42 Å². The third-order valence-electron chi connectivity index (χ3n) is 2.22. The highest BCUT2D eigenvalue weighted by atomic mass is 16.6. The maximum absolute atomic E-state index is 11.5. The van der Waals surface area contributed by atoms with E-state index in [1.54, 1.807) is 6.08 Å². The number of rotatable bonds is 3. The number of hydrogen-bond acceptors (Lipinski definition) is 3. The van der Waals surface area contributed by atoms with Gasteiger partial charge in [0.25, 0.3) is 0 Å². The molecule has 78 valence electrons. The van der Waals surface area contributed by atoms with Crippen molar-refractivity contribution in [1.29, 1.82) is 0 Å². The second kappa shape index (κ2) is 3.95. The summed E-state index contributed by atoms with van der Waals surface area (Å²) in [7, 11) is 0. The van der Waals surface area contributed by atoms with Crippen molar-refractivity contribution in [2.24, 2.45) is 0 Å². The SMILES string of the molecule is CC(C)=CC(=O)C[C@@]1(C)CCC(=O)O1. The van der Waals surface area contributed by atoms with Crippen LogP contribution in [0.2, 0.25) is 0 Å². The van der Waals surface area contributed by atoms with Gasteiger partial charge in [0.15, 0.2) is 5.78 Å². The lowest BCUT2D eigenvalue weighted by atomic mass is 9.95. The molecule has 0 aromatic rings. The van der Waals surface area contributed by atoms with Crippen LogP contribution in [0.4, 0.5) is 0 Å². The molecular formula is C11H16O3. The lowest BCUT2D eigenvalue weighted by molar-refractivity contribution is -0.148. The lowest BCUT2D eigenvalue weighted by Gasteiger charge is -2.20. The quantitative estimate of drug-likeness (QED) is 0.512. The summed E-state index contributed by atoms with van der Waals surface area (Å²) in [4.78, 5) is 22.4. The van der Waals surface area contributed by atoms with Gasteiger partial charge in [0.2, 0.25) is 0 Å². The standard InChI is InChI=1S/C11H16O3/c1-8(2)6-9(12)7-11(3)5-4-10(13)14-11/h6H,4-5,7H2,1-3H3/t11-/m1/s1. The predicted octanol–water partition coefficient (Wildman–Crippen LogP) is 2.01. The number of carbonyl (C=O) groups excluding carboxylic acids is 2. The van der Waals surface area contributed by atoms with E-state index in [1.807, 2.05) is 20.8 Å². The molecule has 0 unspecified atom stereocenters. The molecule has 0 N–H and O–H groups in total. The maximum Gasteiger partial charge on any atom is 0.306 e. The van der Waals surface area contributed by atoms with E-state index in [4.69, 9.17) is 4.74 Å².